The van der Waals surface area contributed by atoms with Crippen molar-refractivity contribution in [2.75, 3.05) is 11.4 Å². The standard InChI is InChI=1S/C23H26N4O/c1-3-4-15-24-22(28)21-16-18(2)25-23(26-21)27(20-13-9-6-10-14-20)17-19-11-7-5-8-12-19/h5-14,16H,3-4,15,17H2,1-2H3,(H,24,28). The van der Waals surface area contributed by atoms with Crippen LogP contribution in [-0.4, -0.2) is 22.4 Å². The van der Waals surface area contributed by atoms with Crippen molar-refractivity contribution in [3.05, 3.63) is 83.7 Å². The average Bonchev–Trinajstić information content (AvgIpc) is 2.73. The summed E-state index contributed by atoms with van der Waals surface area (Å²) in [5.74, 6) is 0.364. The third-order valence-corrected chi connectivity index (χ3v) is 4.38. The summed E-state index contributed by atoms with van der Waals surface area (Å²) in [6, 6.07) is 21.9. The van der Waals surface area contributed by atoms with E-state index in [1.54, 1.807) is 6.07 Å². The van der Waals surface area contributed by atoms with Crippen LogP contribution in [0.15, 0.2) is 66.7 Å². The lowest BCUT2D eigenvalue weighted by Crippen LogP contribution is -2.27. The molecule has 5 heteroatoms. The van der Waals surface area contributed by atoms with E-state index in [-0.39, 0.29) is 5.91 Å². The summed E-state index contributed by atoms with van der Waals surface area (Å²) in [4.78, 5) is 23.8. The first kappa shape index (κ1) is 19.5. The zero-order chi connectivity index (χ0) is 19.8. The molecule has 0 saturated carbocycles. The molecule has 0 saturated heterocycles. The predicted octanol–water partition coefficient (Wildman–Crippen LogP) is 4.65. The van der Waals surface area contributed by atoms with Gasteiger partial charge < -0.3 is 10.2 Å². The number of benzene rings is 2. The van der Waals surface area contributed by atoms with E-state index in [1.165, 1.54) is 0 Å². The SMILES string of the molecule is CCCCNC(=O)c1cc(C)nc(N(Cc2ccccc2)c2ccccc2)n1. The molecule has 5 nitrogen and oxygen atoms in total. The normalized spacial score (nSPS) is 10.5. The predicted molar refractivity (Wildman–Crippen MR) is 113 cm³/mol. The lowest BCUT2D eigenvalue weighted by molar-refractivity contribution is 0.0948. The number of unbranched alkanes of at least 4 members (excludes halogenated alkanes) is 1. The van der Waals surface area contributed by atoms with Crippen LogP contribution in [0.3, 0.4) is 0 Å². The van der Waals surface area contributed by atoms with Gasteiger partial charge in [0, 0.05) is 17.9 Å². The van der Waals surface area contributed by atoms with E-state index < -0.39 is 0 Å². The van der Waals surface area contributed by atoms with Crippen molar-refractivity contribution in [2.45, 2.75) is 33.2 Å². The van der Waals surface area contributed by atoms with E-state index >= 15 is 0 Å². The molecule has 0 fully saturated rings. The first-order chi connectivity index (χ1) is 13.7. The fourth-order valence-corrected chi connectivity index (χ4v) is 2.91. The number of para-hydroxylation sites is 1. The van der Waals surface area contributed by atoms with Crippen LogP contribution in [0.4, 0.5) is 11.6 Å². The molecule has 1 heterocycles. The van der Waals surface area contributed by atoms with Crippen LogP contribution in [0, 0.1) is 6.92 Å². The number of aryl methyl sites for hydroxylation is 1. The number of hydrogen-bond donors (Lipinski definition) is 1. The highest BCUT2D eigenvalue weighted by Gasteiger charge is 2.17. The van der Waals surface area contributed by atoms with Crippen LogP contribution < -0.4 is 10.2 Å². The van der Waals surface area contributed by atoms with E-state index in [9.17, 15) is 4.79 Å². The molecule has 0 bridgehead atoms. The zero-order valence-electron chi connectivity index (χ0n) is 16.4. The number of rotatable bonds is 8. The Labute approximate surface area is 166 Å². The molecule has 2 aromatic carbocycles. The number of hydrogen-bond acceptors (Lipinski definition) is 4. The maximum Gasteiger partial charge on any atom is 0.270 e. The van der Waals surface area contributed by atoms with E-state index in [0.717, 1.165) is 29.8 Å². The third kappa shape index (κ3) is 5.16. The molecule has 0 aliphatic heterocycles. The molecule has 0 aliphatic carbocycles. The molecule has 3 aromatic rings. The maximum atomic E-state index is 12.5. The molecule has 1 aromatic heterocycles. The average molecular weight is 374 g/mol. The highest BCUT2D eigenvalue weighted by atomic mass is 16.1. The number of nitrogens with zero attached hydrogens (tertiary/aromatic N) is 3. The minimum atomic E-state index is -0.159. The molecule has 0 unspecified atom stereocenters. The number of anilines is 2. The van der Waals surface area contributed by atoms with Gasteiger partial charge in [-0.2, -0.15) is 0 Å². The van der Waals surface area contributed by atoms with Crippen molar-refractivity contribution >= 4 is 17.5 Å². The van der Waals surface area contributed by atoms with E-state index in [0.29, 0.717) is 24.7 Å². The molecule has 144 valence electrons. The van der Waals surface area contributed by atoms with Crippen molar-refractivity contribution in [3.63, 3.8) is 0 Å². The van der Waals surface area contributed by atoms with Crippen LogP contribution in [-0.2, 0) is 6.54 Å². The van der Waals surface area contributed by atoms with Crippen molar-refractivity contribution in [3.8, 4) is 0 Å². The number of amides is 1. The van der Waals surface area contributed by atoms with Crippen molar-refractivity contribution in [2.24, 2.45) is 0 Å². The van der Waals surface area contributed by atoms with Gasteiger partial charge in [0.1, 0.15) is 5.69 Å². The summed E-state index contributed by atoms with van der Waals surface area (Å²) in [7, 11) is 0. The van der Waals surface area contributed by atoms with Crippen LogP contribution in [0.25, 0.3) is 0 Å². The van der Waals surface area contributed by atoms with Gasteiger partial charge in [-0.1, -0.05) is 61.9 Å². The molecule has 1 N–H and O–H groups in total. The Hall–Kier alpha value is -3.21. The van der Waals surface area contributed by atoms with Gasteiger partial charge in [0.25, 0.3) is 5.91 Å². The molecule has 0 aliphatic rings. The summed E-state index contributed by atoms with van der Waals surface area (Å²) < 4.78 is 0. The van der Waals surface area contributed by atoms with Crippen LogP contribution >= 0.6 is 0 Å². The Morgan fingerprint density at radius 2 is 1.68 bits per heavy atom. The Morgan fingerprint density at radius 1 is 1.00 bits per heavy atom. The largest absolute Gasteiger partial charge is 0.351 e. The highest BCUT2D eigenvalue weighted by molar-refractivity contribution is 5.92. The molecular weight excluding hydrogens is 348 g/mol. The summed E-state index contributed by atoms with van der Waals surface area (Å²) >= 11 is 0. The number of aromatic nitrogens is 2. The van der Waals surface area contributed by atoms with Crippen molar-refractivity contribution in [1.82, 2.24) is 15.3 Å². The van der Waals surface area contributed by atoms with Gasteiger partial charge in [-0.15, -0.1) is 0 Å². The second-order valence-corrected chi connectivity index (χ2v) is 6.71. The monoisotopic (exact) mass is 374 g/mol. The molecule has 0 atom stereocenters. The lowest BCUT2D eigenvalue weighted by Gasteiger charge is -2.23. The molecule has 3 rings (SSSR count). The van der Waals surface area contributed by atoms with Gasteiger partial charge in [0.2, 0.25) is 5.95 Å². The topological polar surface area (TPSA) is 58.1 Å². The number of nitrogens with one attached hydrogen (secondary N) is 1. The minimum absolute atomic E-state index is 0.159. The maximum absolute atomic E-state index is 12.5. The first-order valence-corrected chi connectivity index (χ1v) is 9.67. The second kappa shape index (κ2) is 9.65. The van der Waals surface area contributed by atoms with E-state index in [1.807, 2.05) is 60.4 Å². The van der Waals surface area contributed by atoms with Gasteiger partial charge in [0.05, 0.1) is 6.54 Å². The smallest absolute Gasteiger partial charge is 0.270 e. The van der Waals surface area contributed by atoms with Crippen molar-refractivity contribution < 1.29 is 4.79 Å². The van der Waals surface area contributed by atoms with Gasteiger partial charge >= 0.3 is 0 Å². The zero-order valence-corrected chi connectivity index (χ0v) is 16.4. The fraction of sp³-hybridized carbons (Fsp3) is 0.261. The lowest BCUT2D eigenvalue weighted by atomic mass is 10.2. The Balaban J connectivity index is 1.94. The summed E-state index contributed by atoms with van der Waals surface area (Å²) in [5, 5.41) is 2.93. The van der Waals surface area contributed by atoms with Crippen molar-refractivity contribution in [1.29, 1.82) is 0 Å². The number of carbonyl (C=O) groups is 1. The summed E-state index contributed by atoms with van der Waals surface area (Å²) in [6.07, 6.45) is 1.99. The van der Waals surface area contributed by atoms with Gasteiger partial charge in [0.15, 0.2) is 0 Å². The van der Waals surface area contributed by atoms with Gasteiger partial charge in [-0.25, -0.2) is 9.97 Å². The minimum Gasteiger partial charge on any atom is -0.351 e. The fourth-order valence-electron chi connectivity index (χ4n) is 2.91. The van der Waals surface area contributed by atoms with Crippen LogP contribution in [0.1, 0.15) is 41.5 Å². The molecule has 1 amide bonds. The first-order valence-electron chi connectivity index (χ1n) is 9.67. The van der Waals surface area contributed by atoms with E-state index in [2.05, 4.69) is 34.3 Å². The van der Waals surface area contributed by atoms with E-state index in [4.69, 9.17) is 0 Å². The van der Waals surface area contributed by atoms with Gasteiger partial charge in [-0.05, 0) is 37.1 Å². The molecule has 28 heavy (non-hydrogen) atoms. The quantitative estimate of drug-likeness (QED) is 0.583. The Kier molecular flexibility index (Phi) is 6.73. The Morgan fingerprint density at radius 3 is 2.36 bits per heavy atom. The molecular formula is C23H26N4O. The number of carbonyl (C=O) groups excluding carboxylic acids is 1. The Bertz CT molecular complexity index is 897. The molecule has 0 spiro atoms. The van der Waals surface area contributed by atoms with Gasteiger partial charge in [-0.3, -0.25) is 4.79 Å². The summed E-state index contributed by atoms with van der Waals surface area (Å²) in [6.45, 7) is 5.26. The summed E-state index contributed by atoms with van der Waals surface area (Å²) in [5.41, 5.74) is 3.28. The highest BCUT2D eigenvalue weighted by Crippen LogP contribution is 2.25. The molecule has 0 radical (unpaired) electrons. The van der Waals surface area contributed by atoms with Crippen LogP contribution in [0.5, 0.6) is 0 Å². The van der Waals surface area contributed by atoms with Crippen LogP contribution in [0.2, 0.25) is 0 Å². The second-order valence-electron chi connectivity index (χ2n) is 6.71. The third-order valence-electron chi connectivity index (χ3n) is 4.38.